The first kappa shape index (κ1) is 16.5. The summed E-state index contributed by atoms with van der Waals surface area (Å²) in [6.45, 7) is 6.19. The van der Waals surface area contributed by atoms with Gasteiger partial charge >= 0.3 is 0 Å². The number of likely N-dealkylation sites (tertiary alicyclic amines) is 1. The van der Waals surface area contributed by atoms with Crippen LogP contribution in [0.2, 0.25) is 0 Å². The molecule has 9 heteroatoms. The third-order valence-corrected chi connectivity index (χ3v) is 4.82. The predicted octanol–water partition coefficient (Wildman–Crippen LogP) is 1.24. The molecule has 4 rings (SSSR count). The zero-order valence-corrected chi connectivity index (χ0v) is 14.9. The van der Waals surface area contributed by atoms with Gasteiger partial charge in [-0.3, -0.25) is 14.7 Å². The summed E-state index contributed by atoms with van der Waals surface area (Å²) in [5, 5.41) is 6.88. The Kier molecular flexibility index (Phi) is 3.86. The van der Waals surface area contributed by atoms with Crippen molar-refractivity contribution in [1.29, 1.82) is 0 Å². The van der Waals surface area contributed by atoms with Crippen molar-refractivity contribution >= 4 is 11.7 Å². The molecule has 1 unspecified atom stereocenters. The monoisotopic (exact) mass is 356 g/mol. The lowest BCUT2D eigenvalue weighted by Gasteiger charge is -2.24. The number of H-pyrrole nitrogens is 1. The highest BCUT2D eigenvalue weighted by Gasteiger charge is 2.34. The van der Waals surface area contributed by atoms with Gasteiger partial charge in [0.15, 0.2) is 0 Å². The molecule has 1 aliphatic rings. The average molecular weight is 356 g/mol. The highest BCUT2D eigenvalue weighted by molar-refractivity contribution is 5.79. The van der Waals surface area contributed by atoms with E-state index in [0.29, 0.717) is 18.1 Å². The number of aryl methyl sites for hydroxylation is 3. The van der Waals surface area contributed by atoms with Crippen molar-refractivity contribution in [2.45, 2.75) is 46.1 Å². The highest BCUT2D eigenvalue weighted by atomic mass is 16.5. The third-order valence-electron chi connectivity index (χ3n) is 4.82. The largest absolute Gasteiger partial charge is 0.361 e. The normalized spacial score (nSPS) is 17.3. The molecule has 1 saturated heterocycles. The second kappa shape index (κ2) is 6.08. The van der Waals surface area contributed by atoms with E-state index in [1.807, 2.05) is 18.7 Å². The van der Waals surface area contributed by atoms with Crippen LogP contribution >= 0.6 is 0 Å². The minimum atomic E-state index is -0.242. The summed E-state index contributed by atoms with van der Waals surface area (Å²) in [5.74, 6) is 1.41. The summed E-state index contributed by atoms with van der Waals surface area (Å²) >= 11 is 0. The molecule has 1 N–H and O–H groups in total. The SMILES string of the molecule is Cc1cc(=O)n2[nH]c(CC(=O)N3CCCC3c3c(C)noc3C)nc2n1. The molecule has 9 nitrogen and oxygen atoms in total. The molecule has 3 aromatic heterocycles. The highest BCUT2D eigenvalue weighted by Crippen LogP contribution is 2.35. The van der Waals surface area contributed by atoms with Gasteiger partial charge in [0, 0.05) is 23.9 Å². The van der Waals surface area contributed by atoms with Gasteiger partial charge in [-0.05, 0) is 33.6 Å². The number of aromatic nitrogens is 5. The Bertz CT molecular complexity index is 1030. The molecule has 26 heavy (non-hydrogen) atoms. The Morgan fingerprint density at radius 1 is 1.35 bits per heavy atom. The number of carbonyl (C=O) groups excluding carboxylic acids is 1. The molecular weight excluding hydrogens is 336 g/mol. The van der Waals surface area contributed by atoms with Gasteiger partial charge in [0.25, 0.3) is 11.3 Å². The molecule has 0 bridgehead atoms. The number of hydrogen-bond donors (Lipinski definition) is 1. The van der Waals surface area contributed by atoms with Crippen molar-refractivity contribution in [1.82, 2.24) is 29.6 Å². The number of fused-ring (bicyclic) bond motifs is 1. The van der Waals surface area contributed by atoms with Crippen LogP contribution in [0.1, 0.15) is 47.4 Å². The first-order valence-corrected chi connectivity index (χ1v) is 8.61. The lowest BCUT2D eigenvalue weighted by atomic mass is 10.0. The van der Waals surface area contributed by atoms with Crippen LogP contribution in [0.5, 0.6) is 0 Å². The van der Waals surface area contributed by atoms with E-state index in [1.165, 1.54) is 10.6 Å². The maximum absolute atomic E-state index is 12.9. The van der Waals surface area contributed by atoms with Crippen molar-refractivity contribution in [2.24, 2.45) is 0 Å². The maximum atomic E-state index is 12.9. The number of aromatic amines is 1. The van der Waals surface area contributed by atoms with Gasteiger partial charge in [0.05, 0.1) is 18.2 Å². The minimum absolute atomic E-state index is 0.0266. The Labute approximate surface area is 149 Å². The number of carbonyl (C=O) groups is 1. The van der Waals surface area contributed by atoms with Crippen LogP contribution in [0.4, 0.5) is 0 Å². The molecule has 136 valence electrons. The lowest BCUT2D eigenvalue weighted by Crippen LogP contribution is -2.32. The Morgan fingerprint density at radius 3 is 2.88 bits per heavy atom. The number of amides is 1. The standard InChI is InChI=1S/C17H20N6O3/c1-9-7-15(25)23-17(18-9)19-13(20-23)8-14(24)22-6-4-5-12(22)16-10(2)21-26-11(16)3/h7,12H,4-6,8H2,1-3H3,(H,18,19,20). The number of nitrogens with one attached hydrogen (secondary N) is 1. The number of rotatable bonds is 3. The zero-order chi connectivity index (χ0) is 18.4. The first-order chi connectivity index (χ1) is 12.4. The molecule has 0 aliphatic carbocycles. The molecule has 0 saturated carbocycles. The van der Waals surface area contributed by atoms with Gasteiger partial charge < -0.3 is 9.42 Å². The van der Waals surface area contributed by atoms with Gasteiger partial charge in [-0.25, -0.2) is 4.98 Å². The smallest absolute Gasteiger partial charge is 0.274 e. The Balaban J connectivity index is 1.60. The molecule has 4 heterocycles. The van der Waals surface area contributed by atoms with Crippen molar-refractivity contribution < 1.29 is 9.32 Å². The second-order valence-electron chi connectivity index (χ2n) is 6.70. The van der Waals surface area contributed by atoms with Crippen molar-refractivity contribution in [3.63, 3.8) is 0 Å². The quantitative estimate of drug-likeness (QED) is 0.756. The van der Waals surface area contributed by atoms with Crippen molar-refractivity contribution in [2.75, 3.05) is 6.54 Å². The molecule has 0 radical (unpaired) electrons. The fraction of sp³-hybridized carbons (Fsp3) is 0.471. The summed E-state index contributed by atoms with van der Waals surface area (Å²) in [6, 6.07) is 1.39. The molecule has 1 aliphatic heterocycles. The van der Waals surface area contributed by atoms with Gasteiger partial charge in [-0.1, -0.05) is 5.16 Å². The zero-order valence-electron chi connectivity index (χ0n) is 14.9. The van der Waals surface area contributed by atoms with Crippen LogP contribution in [0.3, 0.4) is 0 Å². The average Bonchev–Trinajstić information content (AvgIpc) is 3.26. The number of hydrogen-bond acceptors (Lipinski definition) is 6. The fourth-order valence-corrected chi connectivity index (χ4v) is 3.69. The Hall–Kier alpha value is -2.97. The van der Waals surface area contributed by atoms with E-state index < -0.39 is 0 Å². The van der Waals surface area contributed by atoms with Crippen LogP contribution in [0.25, 0.3) is 5.78 Å². The van der Waals surface area contributed by atoms with E-state index in [-0.39, 0.29) is 29.7 Å². The van der Waals surface area contributed by atoms with E-state index in [0.717, 1.165) is 29.9 Å². The topological polar surface area (TPSA) is 109 Å². The van der Waals surface area contributed by atoms with Gasteiger partial charge in [0.2, 0.25) is 5.91 Å². The van der Waals surface area contributed by atoms with E-state index >= 15 is 0 Å². The van der Waals surface area contributed by atoms with Crippen molar-refractivity contribution in [3.8, 4) is 0 Å². The van der Waals surface area contributed by atoms with E-state index in [4.69, 9.17) is 4.52 Å². The van der Waals surface area contributed by atoms with Crippen molar-refractivity contribution in [3.05, 3.63) is 45.0 Å². The number of nitrogens with zero attached hydrogens (tertiary/aromatic N) is 5. The molecule has 1 atom stereocenters. The van der Waals surface area contributed by atoms with Crippen LogP contribution < -0.4 is 5.56 Å². The van der Waals surface area contributed by atoms with Gasteiger partial charge in [-0.15, -0.1) is 0 Å². The summed E-state index contributed by atoms with van der Waals surface area (Å²) < 4.78 is 6.52. The molecular formula is C17H20N6O3. The summed E-state index contributed by atoms with van der Waals surface area (Å²) in [7, 11) is 0. The molecule has 3 aromatic rings. The van der Waals surface area contributed by atoms with Crippen LogP contribution in [0.15, 0.2) is 15.4 Å². The van der Waals surface area contributed by atoms with Gasteiger partial charge in [0.1, 0.15) is 11.6 Å². The Morgan fingerprint density at radius 2 is 2.15 bits per heavy atom. The third kappa shape index (κ3) is 2.69. The maximum Gasteiger partial charge on any atom is 0.274 e. The fourth-order valence-electron chi connectivity index (χ4n) is 3.69. The molecule has 1 fully saturated rings. The first-order valence-electron chi connectivity index (χ1n) is 8.61. The molecule has 0 aromatic carbocycles. The van der Waals surface area contributed by atoms with Crippen LogP contribution in [0, 0.1) is 20.8 Å². The predicted molar refractivity (Wildman–Crippen MR) is 91.7 cm³/mol. The van der Waals surface area contributed by atoms with Crippen LogP contribution in [-0.4, -0.2) is 42.1 Å². The van der Waals surface area contributed by atoms with E-state index in [9.17, 15) is 9.59 Å². The van der Waals surface area contributed by atoms with Gasteiger partial charge in [-0.2, -0.15) is 9.50 Å². The van der Waals surface area contributed by atoms with E-state index in [1.54, 1.807) is 6.92 Å². The summed E-state index contributed by atoms with van der Waals surface area (Å²) in [4.78, 5) is 35.2. The lowest BCUT2D eigenvalue weighted by molar-refractivity contribution is -0.131. The minimum Gasteiger partial charge on any atom is -0.361 e. The molecule has 0 spiro atoms. The summed E-state index contributed by atoms with van der Waals surface area (Å²) in [5.41, 5.74) is 2.17. The van der Waals surface area contributed by atoms with Crippen LogP contribution in [-0.2, 0) is 11.2 Å². The summed E-state index contributed by atoms with van der Waals surface area (Å²) in [6.07, 6.45) is 1.90. The van der Waals surface area contributed by atoms with E-state index in [2.05, 4.69) is 20.2 Å². The molecule has 1 amide bonds. The second-order valence-corrected chi connectivity index (χ2v) is 6.70.